The molecule has 0 saturated heterocycles. The van der Waals surface area contributed by atoms with Gasteiger partial charge in [-0.3, -0.25) is 0 Å². The van der Waals surface area contributed by atoms with Crippen molar-refractivity contribution >= 4 is 12.2 Å². The molecule has 0 atom stereocenters. The zero-order valence-electron chi connectivity index (χ0n) is 9.18. The fraction of sp³-hybridized carbons (Fsp3) is 0.0667. The van der Waals surface area contributed by atoms with Crippen LogP contribution in [0.5, 0.6) is 5.75 Å². The second-order valence-electron chi connectivity index (χ2n) is 3.42. The number of methoxy groups -OCH3 is 1. The van der Waals surface area contributed by atoms with Gasteiger partial charge in [0.15, 0.2) is 0 Å². The lowest BCUT2D eigenvalue weighted by molar-refractivity contribution is 0.415. The number of rotatable bonds is 3. The van der Waals surface area contributed by atoms with Crippen molar-refractivity contribution in [3.63, 3.8) is 0 Å². The van der Waals surface area contributed by atoms with Crippen LogP contribution in [0.4, 0.5) is 0 Å². The molecule has 0 aliphatic carbocycles. The predicted octanol–water partition coefficient (Wildman–Crippen LogP) is 3.67. The van der Waals surface area contributed by atoms with Gasteiger partial charge in [0.25, 0.3) is 0 Å². The van der Waals surface area contributed by atoms with Crippen LogP contribution in [0.25, 0.3) is 12.2 Å². The first kappa shape index (κ1) is 10.5. The molecular weight excluding hydrogens is 196 g/mol. The number of hydrogen-bond acceptors (Lipinski definition) is 1. The molecule has 1 radical (unpaired) electrons. The van der Waals surface area contributed by atoms with Gasteiger partial charge in [0, 0.05) is 0 Å². The van der Waals surface area contributed by atoms with Crippen LogP contribution >= 0.6 is 0 Å². The van der Waals surface area contributed by atoms with Crippen LogP contribution in [0, 0.1) is 6.07 Å². The van der Waals surface area contributed by atoms with Gasteiger partial charge in [0.2, 0.25) is 0 Å². The molecular formula is C15H13O. The van der Waals surface area contributed by atoms with Gasteiger partial charge < -0.3 is 4.74 Å². The van der Waals surface area contributed by atoms with Crippen molar-refractivity contribution in [1.29, 1.82) is 0 Å². The quantitative estimate of drug-likeness (QED) is 0.701. The van der Waals surface area contributed by atoms with Crippen LogP contribution in [0.3, 0.4) is 0 Å². The molecule has 79 valence electrons. The average molecular weight is 209 g/mol. The molecule has 0 fully saturated rings. The van der Waals surface area contributed by atoms with Crippen LogP contribution in [0.15, 0.2) is 48.5 Å². The van der Waals surface area contributed by atoms with Gasteiger partial charge >= 0.3 is 0 Å². The van der Waals surface area contributed by atoms with Crippen LogP contribution in [-0.4, -0.2) is 7.11 Å². The van der Waals surface area contributed by atoms with Gasteiger partial charge in [-0.25, -0.2) is 0 Å². The summed E-state index contributed by atoms with van der Waals surface area (Å²) in [6.45, 7) is 0. The minimum Gasteiger partial charge on any atom is -0.497 e. The minimum atomic E-state index is 0.878. The monoisotopic (exact) mass is 209 g/mol. The molecule has 0 aromatic heterocycles. The molecule has 1 heteroatoms. The van der Waals surface area contributed by atoms with Crippen LogP contribution < -0.4 is 4.74 Å². The van der Waals surface area contributed by atoms with Crippen LogP contribution in [0.1, 0.15) is 11.1 Å². The highest BCUT2D eigenvalue weighted by Crippen LogP contribution is 2.13. The number of ether oxygens (including phenoxy) is 1. The number of benzene rings is 2. The third-order valence-corrected chi connectivity index (χ3v) is 2.30. The summed E-state index contributed by atoms with van der Waals surface area (Å²) in [5.74, 6) is 0.878. The lowest BCUT2D eigenvalue weighted by Gasteiger charge is -1.99. The molecule has 0 unspecified atom stereocenters. The Morgan fingerprint density at radius 2 is 1.81 bits per heavy atom. The molecule has 0 aliphatic heterocycles. The fourth-order valence-electron chi connectivity index (χ4n) is 1.41. The van der Waals surface area contributed by atoms with Crippen molar-refractivity contribution in [2.45, 2.75) is 0 Å². The predicted molar refractivity (Wildman–Crippen MR) is 67.2 cm³/mol. The first-order valence-corrected chi connectivity index (χ1v) is 5.17. The van der Waals surface area contributed by atoms with E-state index >= 15 is 0 Å². The second kappa shape index (κ2) is 5.17. The Morgan fingerprint density at radius 1 is 1.00 bits per heavy atom. The molecule has 16 heavy (non-hydrogen) atoms. The third kappa shape index (κ3) is 2.74. The Hall–Kier alpha value is -2.02. The summed E-state index contributed by atoms with van der Waals surface area (Å²) in [5, 5.41) is 0. The molecule has 0 spiro atoms. The van der Waals surface area contributed by atoms with Crippen LogP contribution in [0.2, 0.25) is 0 Å². The van der Waals surface area contributed by atoms with E-state index in [1.54, 1.807) is 7.11 Å². The van der Waals surface area contributed by atoms with Gasteiger partial charge in [0.05, 0.1) is 7.11 Å². The van der Waals surface area contributed by atoms with E-state index in [-0.39, 0.29) is 0 Å². The zero-order chi connectivity index (χ0) is 11.2. The lowest BCUT2D eigenvalue weighted by atomic mass is 10.1. The van der Waals surface area contributed by atoms with Crippen LogP contribution in [-0.2, 0) is 0 Å². The standard InChI is InChI=1S/C15H13O/c1-16-15-11-9-14(10-12-15)8-7-13-5-3-2-4-6-13/h2-5,7-12H,1H3. The summed E-state index contributed by atoms with van der Waals surface area (Å²) in [6.07, 6.45) is 4.10. The second-order valence-corrected chi connectivity index (χ2v) is 3.42. The van der Waals surface area contributed by atoms with E-state index in [0.717, 1.165) is 16.9 Å². The molecule has 0 heterocycles. The molecule has 2 aromatic carbocycles. The summed E-state index contributed by atoms with van der Waals surface area (Å²) in [4.78, 5) is 0. The van der Waals surface area contributed by atoms with Crippen molar-refractivity contribution in [2.24, 2.45) is 0 Å². The van der Waals surface area contributed by atoms with Gasteiger partial charge in [-0.15, -0.1) is 0 Å². The Kier molecular flexibility index (Phi) is 3.39. The number of hydrogen-bond donors (Lipinski definition) is 0. The lowest BCUT2D eigenvalue weighted by Crippen LogP contribution is -1.81. The Morgan fingerprint density at radius 3 is 2.44 bits per heavy atom. The highest BCUT2D eigenvalue weighted by molar-refractivity contribution is 5.69. The summed E-state index contributed by atoms with van der Waals surface area (Å²) in [6, 6.07) is 19.0. The topological polar surface area (TPSA) is 9.23 Å². The maximum absolute atomic E-state index is 5.10. The Balaban J connectivity index is 2.12. The zero-order valence-corrected chi connectivity index (χ0v) is 9.18. The smallest absolute Gasteiger partial charge is 0.118 e. The van der Waals surface area contributed by atoms with E-state index in [1.807, 2.05) is 54.6 Å². The van der Waals surface area contributed by atoms with Crippen molar-refractivity contribution < 1.29 is 4.74 Å². The van der Waals surface area contributed by atoms with Gasteiger partial charge in [0.1, 0.15) is 5.75 Å². The van der Waals surface area contributed by atoms with E-state index in [2.05, 4.69) is 12.1 Å². The highest BCUT2D eigenvalue weighted by atomic mass is 16.5. The summed E-state index contributed by atoms with van der Waals surface area (Å²) in [5.41, 5.74) is 2.23. The molecule has 0 bridgehead atoms. The van der Waals surface area contributed by atoms with Gasteiger partial charge in [-0.05, 0) is 29.3 Å². The Labute approximate surface area is 96.0 Å². The molecule has 0 amide bonds. The SMILES string of the molecule is COc1ccc(C=Cc2[c]cccc2)cc1. The van der Waals surface area contributed by atoms with Crippen molar-refractivity contribution in [3.05, 3.63) is 65.7 Å². The van der Waals surface area contributed by atoms with E-state index in [0.29, 0.717) is 0 Å². The van der Waals surface area contributed by atoms with Crippen molar-refractivity contribution in [1.82, 2.24) is 0 Å². The summed E-state index contributed by atoms with van der Waals surface area (Å²) in [7, 11) is 1.67. The molecule has 2 rings (SSSR count). The maximum atomic E-state index is 5.10. The summed E-state index contributed by atoms with van der Waals surface area (Å²) >= 11 is 0. The van der Waals surface area contributed by atoms with E-state index in [4.69, 9.17) is 4.74 Å². The highest BCUT2D eigenvalue weighted by Gasteiger charge is 1.90. The van der Waals surface area contributed by atoms with E-state index < -0.39 is 0 Å². The fourth-order valence-corrected chi connectivity index (χ4v) is 1.41. The largest absolute Gasteiger partial charge is 0.497 e. The maximum Gasteiger partial charge on any atom is 0.118 e. The Bertz CT molecular complexity index is 455. The van der Waals surface area contributed by atoms with Gasteiger partial charge in [-0.2, -0.15) is 0 Å². The minimum absolute atomic E-state index is 0.878. The van der Waals surface area contributed by atoms with Crippen molar-refractivity contribution in [2.75, 3.05) is 7.11 Å². The average Bonchev–Trinajstić information content (AvgIpc) is 2.38. The molecule has 2 aromatic rings. The van der Waals surface area contributed by atoms with E-state index in [9.17, 15) is 0 Å². The molecule has 0 aliphatic rings. The first-order chi connectivity index (χ1) is 7.88. The third-order valence-electron chi connectivity index (χ3n) is 2.30. The molecule has 1 nitrogen and oxygen atoms in total. The van der Waals surface area contributed by atoms with E-state index in [1.165, 1.54) is 0 Å². The first-order valence-electron chi connectivity index (χ1n) is 5.17. The normalized spacial score (nSPS) is 10.6. The molecule has 0 N–H and O–H groups in total. The van der Waals surface area contributed by atoms with Crippen molar-refractivity contribution in [3.8, 4) is 5.75 Å². The van der Waals surface area contributed by atoms with Gasteiger partial charge in [-0.1, -0.05) is 48.6 Å². The summed E-state index contributed by atoms with van der Waals surface area (Å²) < 4.78 is 5.10. The molecule has 0 saturated carbocycles.